The molecule has 4 bridgehead atoms. The van der Waals surface area contributed by atoms with E-state index in [0.29, 0.717) is 84.2 Å². The number of pyridine rings is 1. The Morgan fingerprint density at radius 2 is 1.56 bits per heavy atom. The number of rotatable bonds is 27. The number of benzene rings is 3. The number of ether oxygens (including phenoxy) is 2. The van der Waals surface area contributed by atoms with Crippen LogP contribution in [-0.2, 0) is 64.1 Å². The van der Waals surface area contributed by atoms with Crippen LogP contribution in [0.1, 0.15) is 148 Å². The molecule has 3 aromatic carbocycles. The molecule has 3 aromatic heterocycles. The van der Waals surface area contributed by atoms with Crippen LogP contribution in [0.15, 0.2) is 97.2 Å². The van der Waals surface area contributed by atoms with E-state index in [4.69, 9.17) is 19.6 Å². The molecule has 5 heterocycles. The van der Waals surface area contributed by atoms with Crippen molar-refractivity contribution in [1.29, 1.82) is 0 Å². The Bertz CT molecular complexity index is 4100. The predicted molar refractivity (Wildman–Crippen MR) is 363 cm³/mol. The number of hydrogen-bond donors (Lipinski definition) is 5. The first kappa shape index (κ1) is 68.6. The van der Waals surface area contributed by atoms with Gasteiger partial charge in [-0.1, -0.05) is 55.9 Å². The van der Waals surface area contributed by atoms with Crippen molar-refractivity contribution >= 4 is 93.6 Å². The van der Waals surface area contributed by atoms with E-state index in [0.717, 1.165) is 70.5 Å². The number of carbonyl (C=O) groups excluding carboxylic acids is 7. The Morgan fingerprint density at radius 1 is 0.812 bits per heavy atom. The first-order valence-corrected chi connectivity index (χ1v) is 34.5. The van der Waals surface area contributed by atoms with Gasteiger partial charge in [0.15, 0.2) is 10.8 Å². The van der Waals surface area contributed by atoms with E-state index in [1.54, 1.807) is 56.1 Å². The van der Waals surface area contributed by atoms with Crippen LogP contribution >= 0.6 is 19.3 Å². The maximum atomic E-state index is 13.8. The molecule has 5 N–H and O–H groups in total. The molecule has 4 atom stereocenters. The molecule has 6 aliphatic rings. The number of aromatic nitrogens is 4. The number of hydrogen-bond acceptors (Lipinski definition) is 16. The van der Waals surface area contributed by atoms with Crippen LogP contribution in [0.5, 0.6) is 0 Å². The molecule has 6 aromatic rings. The van der Waals surface area contributed by atoms with Gasteiger partial charge in [-0.05, 0) is 80.5 Å². The number of nitrogens with zero attached hydrogens (tertiary/aromatic N) is 7. The number of amides is 7. The van der Waals surface area contributed by atoms with Crippen LogP contribution in [0.3, 0.4) is 0 Å². The Balaban J connectivity index is 0.676. The Morgan fingerprint density at radius 3 is 2.28 bits per heavy atom. The number of unbranched alkanes of at least 4 members (excludes halogenated alkanes) is 2. The van der Waals surface area contributed by atoms with Crippen LogP contribution in [0.4, 0.5) is 21.4 Å². The quantitative estimate of drug-likeness (QED) is 0.0182. The number of nitrogens with one attached hydrogen (secondary N) is 4. The van der Waals surface area contributed by atoms with Gasteiger partial charge >= 0.3 is 208 Å². The number of anilines is 3. The zero-order valence-electron chi connectivity index (χ0n) is 55.0. The molecule has 504 valence electrons. The minimum atomic E-state index is -1.16. The van der Waals surface area contributed by atoms with Crippen molar-refractivity contribution in [2.75, 3.05) is 48.3 Å². The summed E-state index contributed by atoms with van der Waals surface area (Å²) >= 11 is 1.41. The predicted octanol–water partition coefficient (Wildman–Crippen LogP) is 10.9. The molecule has 2 aliphatic heterocycles. The van der Waals surface area contributed by atoms with E-state index in [1.807, 2.05) is 71.1 Å². The summed E-state index contributed by atoms with van der Waals surface area (Å²) in [6, 6.07) is 22.0. The van der Waals surface area contributed by atoms with E-state index < -0.39 is 41.6 Å². The molecule has 4 saturated carbocycles. The van der Waals surface area contributed by atoms with Crippen molar-refractivity contribution in [3.63, 3.8) is 0 Å². The van der Waals surface area contributed by atoms with Crippen molar-refractivity contribution in [2.24, 2.45) is 22.2 Å². The van der Waals surface area contributed by atoms with Gasteiger partial charge < -0.3 is 20.6 Å². The van der Waals surface area contributed by atoms with Gasteiger partial charge in [-0.2, -0.15) is 5.10 Å². The van der Waals surface area contributed by atoms with E-state index in [9.17, 15) is 48.0 Å². The fourth-order valence-corrected chi connectivity index (χ4v) is 17.1. The van der Waals surface area contributed by atoms with Gasteiger partial charge in [0.05, 0.1) is 16.4 Å². The number of aromatic carboxylic acids is 1. The SMILES string of the molecule is Cc1c(-c2ccc(N3CCc4cccc(C(=O)Nc5nc6ccccc6s5)c4C3)nc2C(=O)O)cnn1CC12CC3(C)CC(C)(C1)CC(OCCN(CCC#P=O)C(=O)OCc1ccc(NC(=O)[C@H](C)NC(=O)[C@@H](NC(=O)CCCCCN4C(=O)C=CC4=O)C(C)C)cc1)(C3)C2. The first-order chi connectivity index (χ1) is 45.9. The normalized spacial score (nSPS) is 21.4. The minimum absolute atomic E-state index is 0.0233. The zero-order valence-corrected chi connectivity index (χ0v) is 56.7. The van der Waals surface area contributed by atoms with E-state index in [-0.39, 0.29) is 105 Å². The summed E-state index contributed by atoms with van der Waals surface area (Å²) in [4.78, 5) is 118. The standard InChI is InChI=1S/C71H82N11O12PS/c1-44(2)60(77-57(83)18-8-7-11-29-81-58(84)25-26-59(81)85)64(88)73-45(3)62(86)74-49-21-19-47(20-22-49)36-93-67(91)79(28-13-33-95-92)31-32-94-71-40-68(5)37-69(6,41-71)39-70(38-68,42-71)43-82-46(4)52(34-72-82)50-23-24-56(76-61(50)65(89)90)80-30-27-48-14-12-15-51(53(48)35-80)63(87)78-66-75-54-16-9-10-17-55(54)96-66/h9-10,12,14-17,19-26,34,44-45,60H,7-8,11,13,18,27-32,35-43H2,1-6H3,(H,73,88)(H,74,86)(H,77,83)(H,89,90)(H,75,78,87)/t45-,60-,68?,69?,70?,71?/m0/s1. The Labute approximate surface area is 562 Å². The Hall–Kier alpha value is -8.82. The fraction of sp³-hybridized carbons (Fsp3) is 0.465. The molecular formula is C71H82N11O12PS. The number of fused-ring (bicyclic) bond motifs is 2. The fourth-order valence-electron chi connectivity index (χ4n) is 16.0. The van der Waals surface area contributed by atoms with Gasteiger partial charge in [0.25, 0.3) is 17.7 Å². The molecule has 2 unspecified atom stereocenters. The number of carbonyl (C=O) groups is 8. The molecular weight excluding hydrogens is 1260 g/mol. The molecule has 4 fully saturated rings. The molecule has 7 amide bonds. The third kappa shape index (κ3) is 15.7. The molecule has 25 heteroatoms. The van der Waals surface area contributed by atoms with Crippen molar-refractivity contribution in [3.8, 4) is 16.8 Å². The topological polar surface area (TPSA) is 294 Å². The number of carboxylic acids is 1. The summed E-state index contributed by atoms with van der Waals surface area (Å²) in [5, 5.41) is 27.5. The summed E-state index contributed by atoms with van der Waals surface area (Å²) in [6.45, 7) is 14.2. The number of para-hydroxylation sites is 1. The van der Waals surface area contributed by atoms with Gasteiger partial charge in [-0.15, -0.1) is 0 Å². The second-order valence-corrected chi connectivity index (χ2v) is 29.2. The molecule has 23 nitrogen and oxygen atoms in total. The van der Waals surface area contributed by atoms with Crippen LogP contribution in [0.2, 0.25) is 0 Å². The average molecular weight is 1340 g/mol. The molecule has 4 aliphatic carbocycles. The van der Waals surface area contributed by atoms with Crippen molar-refractivity contribution < 1.29 is 57.5 Å². The van der Waals surface area contributed by atoms with E-state index >= 15 is 0 Å². The van der Waals surface area contributed by atoms with Crippen LogP contribution in [-0.4, -0.2) is 133 Å². The third-order valence-corrected chi connectivity index (χ3v) is 20.6. The summed E-state index contributed by atoms with van der Waals surface area (Å²) in [7, 11) is -0.272. The summed E-state index contributed by atoms with van der Waals surface area (Å²) in [6.07, 6.45) is 11.8. The van der Waals surface area contributed by atoms with Gasteiger partial charge in [-0.25, -0.2) is 14.8 Å². The van der Waals surface area contributed by atoms with Crippen LogP contribution in [0.25, 0.3) is 21.3 Å². The molecule has 96 heavy (non-hydrogen) atoms. The van der Waals surface area contributed by atoms with E-state index in [2.05, 4.69) is 45.7 Å². The maximum absolute atomic E-state index is 13.8. The summed E-state index contributed by atoms with van der Waals surface area (Å²) in [5.74, 6) is -3.23. The molecule has 0 saturated heterocycles. The molecule has 0 radical (unpaired) electrons. The monoisotopic (exact) mass is 1340 g/mol. The average Bonchev–Trinajstić information content (AvgIpc) is 0.770. The van der Waals surface area contributed by atoms with Gasteiger partial charge in [0.2, 0.25) is 17.7 Å². The van der Waals surface area contributed by atoms with Crippen LogP contribution < -0.4 is 26.2 Å². The van der Waals surface area contributed by atoms with Crippen molar-refractivity contribution in [2.45, 2.75) is 156 Å². The molecule has 0 spiro atoms. The summed E-state index contributed by atoms with van der Waals surface area (Å²) in [5.41, 5.74) is 8.26. The van der Waals surface area contributed by atoms with Crippen molar-refractivity contribution in [1.82, 2.24) is 40.2 Å². The third-order valence-electron chi connectivity index (χ3n) is 19.3. The number of imide groups is 1. The first-order valence-electron chi connectivity index (χ1n) is 32.9. The molecule has 12 rings (SSSR count). The number of carboxylic acid groups (broad SMARTS) is 1. The second kappa shape index (κ2) is 28.9. The van der Waals surface area contributed by atoms with Gasteiger partial charge in [-0.3, -0.25) is 39.0 Å². The zero-order chi connectivity index (χ0) is 68.1. The van der Waals surface area contributed by atoms with Gasteiger partial charge in [0, 0.05) is 60.6 Å². The van der Waals surface area contributed by atoms with Gasteiger partial charge in [0.1, 0.15) is 17.9 Å². The Kier molecular flexibility index (Phi) is 20.6. The van der Waals surface area contributed by atoms with Crippen molar-refractivity contribution in [3.05, 3.63) is 131 Å². The number of thiazole rings is 1. The van der Waals surface area contributed by atoms with E-state index in [1.165, 1.54) is 23.5 Å². The van der Waals surface area contributed by atoms with Crippen LogP contribution in [0, 0.1) is 34.7 Å². The second-order valence-electron chi connectivity index (χ2n) is 27.7. The summed E-state index contributed by atoms with van der Waals surface area (Å²) < 4.78 is 27.3.